The van der Waals surface area contributed by atoms with Crippen molar-refractivity contribution >= 4 is 23.2 Å². The smallest absolute Gasteiger partial charge is 0.252 e. The summed E-state index contributed by atoms with van der Waals surface area (Å²) >= 11 is 0. The lowest BCUT2D eigenvalue weighted by Crippen LogP contribution is -2.24. The average molecular weight is 327 g/mol. The topological polar surface area (TPSA) is 110 Å². The van der Waals surface area contributed by atoms with E-state index in [0.29, 0.717) is 29.9 Å². The van der Waals surface area contributed by atoms with Crippen molar-refractivity contribution in [2.45, 2.75) is 25.7 Å². The molecule has 2 aromatic rings. The molecule has 2 amide bonds. The van der Waals surface area contributed by atoms with Crippen LogP contribution in [0.5, 0.6) is 0 Å². The normalized spacial score (nSPS) is 10.2. The molecule has 126 valence electrons. The molecule has 0 fully saturated rings. The second kappa shape index (κ2) is 9.24. The van der Waals surface area contributed by atoms with Crippen LogP contribution in [0.1, 0.15) is 36.0 Å². The fraction of sp³-hybridized carbons (Fsp3) is 0.294. The number of carbonyl (C=O) groups is 2. The van der Waals surface area contributed by atoms with Crippen LogP contribution in [0.25, 0.3) is 0 Å². The molecule has 0 radical (unpaired) electrons. The van der Waals surface area contributed by atoms with Gasteiger partial charge in [-0.15, -0.1) is 0 Å². The number of nitrogens with one attached hydrogen (secondary N) is 2. The molecule has 0 saturated carbocycles. The Kier molecular flexibility index (Phi) is 6.70. The minimum absolute atomic E-state index is 0.0888. The molecule has 0 spiro atoms. The van der Waals surface area contributed by atoms with Crippen molar-refractivity contribution in [2.24, 2.45) is 0 Å². The zero-order valence-corrected chi connectivity index (χ0v) is 13.4. The Morgan fingerprint density at radius 1 is 1.04 bits per heavy atom. The number of nitrogens with two attached hydrogens (primary N) is 1. The van der Waals surface area contributed by atoms with Crippen LogP contribution in [0, 0.1) is 0 Å². The number of rotatable bonds is 8. The first kappa shape index (κ1) is 17.4. The molecule has 2 rings (SSSR count). The molecule has 7 nitrogen and oxygen atoms in total. The fourth-order valence-corrected chi connectivity index (χ4v) is 2.11. The molecular weight excluding hydrogens is 306 g/mol. The Labute approximate surface area is 140 Å². The van der Waals surface area contributed by atoms with E-state index in [1.54, 1.807) is 30.6 Å². The summed E-state index contributed by atoms with van der Waals surface area (Å²) in [6.45, 7) is 0.574. The molecule has 24 heavy (non-hydrogen) atoms. The number of hydrogen-bond acceptors (Lipinski definition) is 5. The van der Waals surface area contributed by atoms with Crippen LogP contribution in [0.4, 0.5) is 11.4 Å². The van der Waals surface area contributed by atoms with Crippen molar-refractivity contribution in [1.29, 1.82) is 0 Å². The van der Waals surface area contributed by atoms with Crippen molar-refractivity contribution in [3.8, 4) is 0 Å². The van der Waals surface area contributed by atoms with Gasteiger partial charge in [0, 0.05) is 31.6 Å². The maximum absolute atomic E-state index is 11.8. The highest BCUT2D eigenvalue weighted by Crippen LogP contribution is 2.15. The summed E-state index contributed by atoms with van der Waals surface area (Å²) in [7, 11) is 0. The predicted molar refractivity (Wildman–Crippen MR) is 92.3 cm³/mol. The van der Waals surface area contributed by atoms with E-state index in [1.165, 1.54) is 12.4 Å². The van der Waals surface area contributed by atoms with Gasteiger partial charge in [-0.25, -0.2) is 0 Å². The van der Waals surface area contributed by atoms with Gasteiger partial charge >= 0.3 is 0 Å². The van der Waals surface area contributed by atoms with Crippen molar-refractivity contribution < 1.29 is 9.59 Å². The maximum atomic E-state index is 11.8. The van der Waals surface area contributed by atoms with Crippen LogP contribution >= 0.6 is 0 Å². The third-order valence-corrected chi connectivity index (χ3v) is 3.42. The van der Waals surface area contributed by atoms with Gasteiger partial charge in [-0.2, -0.15) is 0 Å². The summed E-state index contributed by atoms with van der Waals surface area (Å²) in [5.74, 6) is -0.220. The third-order valence-electron chi connectivity index (χ3n) is 3.42. The molecule has 0 unspecified atom stereocenters. The highest BCUT2D eigenvalue weighted by Gasteiger charge is 2.06. The van der Waals surface area contributed by atoms with Gasteiger partial charge in [0.1, 0.15) is 0 Å². The first-order valence-corrected chi connectivity index (χ1v) is 7.84. The van der Waals surface area contributed by atoms with Gasteiger partial charge in [-0.05, 0) is 31.0 Å². The lowest BCUT2D eigenvalue weighted by molar-refractivity contribution is -0.116. The molecular formula is C17H21N5O2. The Hall–Kier alpha value is -2.96. The number of aromatic nitrogens is 2. The summed E-state index contributed by atoms with van der Waals surface area (Å²) in [6.07, 6.45) is 9.08. The van der Waals surface area contributed by atoms with Gasteiger partial charge < -0.3 is 16.4 Å². The van der Waals surface area contributed by atoms with Crippen LogP contribution in [-0.2, 0) is 4.79 Å². The van der Waals surface area contributed by atoms with E-state index in [2.05, 4.69) is 20.6 Å². The Bertz CT molecular complexity index is 676. The van der Waals surface area contributed by atoms with Crippen LogP contribution in [0.2, 0.25) is 0 Å². The fourth-order valence-electron chi connectivity index (χ4n) is 2.11. The molecule has 0 bridgehead atoms. The minimum Gasteiger partial charge on any atom is -0.397 e. The van der Waals surface area contributed by atoms with E-state index in [-0.39, 0.29) is 11.8 Å². The average Bonchev–Trinajstić information content (AvgIpc) is 2.60. The Morgan fingerprint density at radius 2 is 1.88 bits per heavy atom. The Morgan fingerprint density at radius 3 is 2.62 bits per heavy atom. The second-order valence-corrected chi connectivity index (χ2v) is 5.32. The van der Waals surface area contributed by atoms with Gasteiger partial charge in [-0.3, -0.25) is 19.6 Å². The monoisotopic (exact) mass is 327 g/mol. The van der Waals surface area contributed by atoms with E-state index >= 15 is 0 Å². The summed E-state index contributed by atoms with van der Waals surface area (Å²) < 4.78 is 0. The molecule has 7 heteroatoms. The molecule has 0 aliphatic carbocycles. The highest BCUT2D eigenvalue weighted by atomic mass is 16.2. The van der Waals surface area contributed by atoms with Gasteiger partial charge in [0.15, 0.2) is 0 Å². The number of pyridine rings is 2. The standard InChI is InChI=1S/C17H21N5O2/c18-14-7-10-20-12-15(14)22-16(23)6-2-1-3-9-21-17(24)13-5-4-8-19-11-13/h4-5,7-8,10-12H,1-3,6,9H2,(H2,18,20)(H,21,24)(H,22,23). The molecule has 0 atom stereocenters. The summed E-state index contributed by atoms with van der Waals surface area (Å²) in [5, 5.41) is 5.57. The van der Waals surface area contributed by atoms with E-state index in [9.17, 15) is 9.59 Å². The highest BCUT2D eigenvalue weighted by molar-refractivity contribution is 5.94. The summed E-state index contributed by atoms with van der Waals surface area (Å²) in [6, 6.07) is 5.08. The lowest BCUT2D eigenvalue weighted by Gasteiger charge is -2.07. The molecule has 0 aliphatic heterocycles. The largest absolute Gasteiger partial charge is 0.397 e. The molecule has 4 N–H and O–H groups in total. The van der Waals surface area contributed by atoms with Gasteiger partial charge in [0.25, 0.3) is 5.91 Å². The van der Waals surface area contributed by atoms with Gasteiger partial charge in [0.05, 0.1) is 23.1 Å². The lowest BCUT2D eigenvalue weighted by atomic mass is 10.2. The van der Waals surface area contributed by atoms with Crippen molar-refractivity contribution in [3.05, 3.63) is 48.5 Å². The number of nitrogens with zero attached hydrogens (tertiary/aromatic N) is 2. The third kappa shape index (κ3) is 5.68. The SMILES string of the molecule is Nc1ccncc1NC(=O)CCCCCNC(=O)c1cccnc1. The number of anilines is 2. The summed E-state index contributed by atoms with van der Waals surface area (Å²) in [5.41, 5.74) is 7.32. The molecule has 2 heterocycles. The first-order valence-electron chi connectivity index (χ1n) is 7.84. The molecule has 0 aromatic carbocycles. The van der Waals surface area contributed by atoms with Crippen molar-refractivity contribution in [3.63, 3.8) is 0 Å². The van der Waals surface area contributed by atoms with E-state index in [4.69, 9.17) is 5.73 Å². The second-order valence-electron chi connectivity index (χ2n) is 5.32. The zero-order valence-electron chi connectivity index (χ0n) is 13.4. The van der Waals surface area contributed by atoms with Gasteiger partial charge in [-0.1, -0.05) is 6.42 Å². The molecule has 0 saturated heterocycles. The van der Waals surface area contributed by atoms with Crippen LogP contribution in [-0.4, -0.2) is 28.3 Å². The van der Waals surface area contributed by atoms with Gasteiger partial charge in [0.2, 0.25) is 5.91 Å². The van der Waals surface area contributed by atoms with Crippen LogP contribution in [0.3, 0.4) is 0 Å². The molecule has 0 aliphatic rings. The van der Waals surface area contributed by atoms with E-state index < -0.39 is 0 Å². The zero-order chi connectivity index (χ0) is 17.2. The number of nitrogen functional groups attached to an aromatic ring is 1. The van der Waals surface area contributed by atoms with Crippen LogP contribution < -0.4 is 16.4 Å². The summed E-state index contributed by atoms with van der Waals surface area (Å²) in [4.78, 5) is 31.4. The minimum atomic E-state index is -0.132. The first-order chi connectivity index (χ1) is 11.7. The maximum Gasteiger partial charge on any atom is 0.252 e. The van der Waals surface area contributed by atoms with Crippen molar-refractivity contribution in [2.75, 3.05) is 17.6 Å². The Balaban J connectivity index is 1.57. The number of hydrogen-bond donors (Lipinski definition) is 3. The van der Waals surface area contributed by atoms with Crippen LogP contribution in [0.15, 0.2) is 43.0 Å². The van der Waals surface area contributed by atoms with E-state index in [0.717, 1.165) is 19.3 Å². The molecule has 2 aromatic heterocycles. The van der Waals surface area contributed by atoms with E-state index in [1.807, 2.05) is 0 Å². The number of amides is 2. The van der Waals surface area contributed by atoms with Crippen molar-refractivity contribution in [1.82, 2.24) is 15.3 Å². The number of unbranched alkanes of at least 4 members (excludes halogenated alkanes) is 2. The quantitative estimate of drug-likeness (QED) is 0.642. The predicted octanol–water partition coefficient (Wildman–Crippen LogP) is 1.99. The number of carbonyl (C=O) groups excluding carboxylic acids is 2.